The van der Waals surface area contributed by atoms with Crippen molar-refractivity contribution in [2.45, 2.75) is 32.8 Å². The number of methoxy groups -OCH3 is 1. The minimum Gasteiger partial charge on any atom is -0.493 e. The van der Waals surface area contributed by atoms with Crippen molar-refractivity contribution in [3.05, 3.63) is 29.3 Å². The van der Waals surface area contributed by atoms with Crippen molar-refractivity contribution in [1.82, 2.24) is 0 Å². The van der Waals surface area contributed by atoms with Gasteiger partial charge in [-0.3, -0.25) is 0 Å². The van der Waals surface area contributed by atoms with Gasteiger partial charge in [0.05, 0.1) is 18.1 Å². The van der Waals surface area contributed by atoms with Gasteiger partial charge < -0.3 is 9.47 Å². The molecule has 0 atom stereocenters. The lowest BCUT2D eigenvalue weighted by Crippen LogP contribution is -2.25. The number of halogens is 1. The molecular formula is C16H21ClO2. The molecule has 1 aromatic carbocycles. The van der Waals surface area contributed by atoms with Crippen molar-refractivity contribution in [1.29, 1.82) is 0 Å². The van der Waals surface area contributed by atoms with E-state index in [0.717, 1.165) is 23.3 Å². The highest BCUT2D eigenvalue weighted by Gasteiger charge is 2.15. The van der Waals surface area contributed by atoms with Crippen LogP contribution < -0.4 is 4.74 Å². The number of rotatable bonds is 5. The van der Waals surface area contributed by atoms with E-state index in [1.165, 1.54) is 0 Å². The van der Waals surface area contributed by atoms with Gasteiger partial charge in [0.25, 0.3) is 0 Å². The third-order valence-corrected chi connectivity index (χ3v) is 3.15. The Morgan fingerprint density at radius 3 is 2.63 bits per heavy atom. The normalized spacial score (nSPS) is 10.8. The lowest BCUT2D eigenvalue weighted by atomic mass is 10.1. The zero-order valence-electron chi connectivity index (χ0n) is 12.0. The molecule has 104 valence electrons. The average Bonchev–Trinajstić information content (AvgIpc) is 2.37. The van der Waals surface area contributed by atoms with E-state index in [1.54, 1.807) is 7.11 Å². The highest BCUT2D eigenvalue weighted by atomic mass is 35.5. The summed E-state index contributed by atoms with van der Waals surface area (Å²) in [6, 6.07) is 5.90. The molecule has 0 amide bonds. The van der Waals surface area contributed by atoms with Gasteiger partial charge in [0.1, 0.15) is 5.75 Å². The van der Waals surface area contributed by atoms with Crippen molar-refractivity contribution < 1.29 is 9.47 Å². The number of hydrogen-bond acceptors (Lipinski definition) is 2. The Labute approximate surface area is 121 Å². The molecule has 0 spiro atoms. The molecule has 0 heterocycles. The van der Waals surface area contributed by atoms with Gasteiger partial charge in [0, 0.05) is 19.1 Å². The maximum absolute atomic E-state index is 5.73. The Bertz CT molecular complexity index is 469. The van der Waals surface area contributed by atoms with Crippen molar-refractivity contribution in [2.24, 2.45) is 0 Å². The molecule has 3 heteroatoms. The second-order valence-corrected chi connectivity index (χ2v) is 5.24. The molecule has 0 radical (unpaired) electrons. The summed E-state index contributed by atoms with van der Waals surface area (Å²) in [5, 5.41) is 0. The van der Waals surface area contributed by atoms with Gasteiger partial charge in [-0.25, -0.2) is 0 Å². The number of aryl methyl sites for hydroxylation is 1. The molecule has 0 saturated carbocycles. The lowest BCUT2D eigenvalue weighted by Gasteiger charge is -2.22. The summed E-state index contributed by atoms with van der Waals surface area (Å²) in [6.45, 7) is 6.75. The smallest absolute Gasteiger partial charge is 0.119 e. The first-order valence-electron chi connectivity index (χ1n) is 6.32. The van der Waals surface area contributed by atoms with E-state index in [0.29, 0.717) is 12.5 Å². The summed E-state index contributed by atoms with van der Waals surface area (Å²) in [4.78, 5) is 0. The van der Waals surface area contributed by atoms with Crippen LogP contribution in [0.2, 0.25) is 0 Å². The van der Waals surface area contributed by atoms with Crippen LogP contribution >= 0.6 is 11.6 Å². The van der Waals surface area contributed by atoms with Gasteiger partial charge in [0.2, 0.25) is 0 Å². The Hall–Kier alpha value is -1.17. The summed E-state index contributed by atoms with van der Waals surface area (Å²) in [6.07, 6.45) is 0.844. The highest BCUT2D eigenvalue weighted by Crippen LogP contribution is 2.19. The zero-order chi connectivity index (χ0) is 14.3. The van der Waals surface area contributed by atoms with Gasteiger partial charge in [-0.2, -0.15) is 0 Å². The van der Waals surface area contributed by atoms with Crippen molar-refractivity contribution in [3.63, 3.8) is 0 Å². The standard InChI is InChI=1S/C16H21ClO2/c1-13-12-15(8-7-14(13)6-5-10-17)19-11-9-16(2,3)18-4/h7-8,12H,9-11H2,1-4H3. The number of hydrogen-bond donors (Lipinski definition) is 0. The van der Waals surface area contributed by atoms with Gasteiger partial charge in [-0.15, -0.1) is 11.6 Å². The molecule has 0 aliphatic rings. The van der Waals surface area contributed by atoms with Crippen LogP contribution in [0.1, 0.15) is 31.4 Å². The van der Waals surface area contributed by atoms with Crippen LogP contribution in [0, 0.1) is 18.8 Å². The molecule has 0 unspecified atom stereocenters. The van der Waals surface area contributed by atoms with Crippen LogP contribution in [0.4, 0.5) is 0 Å². The summed E-state index contributed by atoms with van der Waals surface area (Å²) < 4.78 is 11.1. The van der Waals surface area contributed by atoms with Crippen molar-refractivity contribution in [2.75, 3.05) is 19.6 Å². The van der Waals surface area contributed by atoms with E-state index >= 15 is 0 Å². The third kappa shape index (κ3) is 5.55. The fourth-order valence-electron chi connectivity index (χ4n) is 1.51. The summed E-state index contributed by atoms with van der Waals surface area (Å²) in [5.41, 5.74) is 1.94. The molecule has 0 bridgehead atoms. The maximum Gasteiger partial charge on any atom is 0.119 e. The molecule has 2 nitrogen and oxygen atoms in total. The first-order chi connectivity index (χ1) is 8.98. The lowest BCUT2D eigenvalue weighted by molar-refractivity contribution is 0.00545. The monoisotopic (exact) mass is 280 g/mol. The fourth-order valence-corrected chi connectivity index (χ4v) is 1.58. The molecular weight excluding hydrogens is 260 g/mol. The maximum atomic E-state index is 5.73. The topological polar surface area (TPSA) is 18.5 Å². The van der Waals surface area contributed by atoms with E-state index < -0.39 is 0 Å². The minimum atomic E-state index is -0.152. The van der Waals surface area contributed by atoms with Crippen LogP contribution in [0.5, 0.6) is 5.75 Å². The predicted octanol–water partition coefficient (Wildman–Crippen LogP) is 3.78. The second kappa shape index (κ2) is 7.43. The van der Waals surface area contributed by atoms with Crippen LogP contribution in [-0.2, 0) is 4.74 Å². The van der Waals surface area contributed by atoms with E-state index in [9.17, 15) is 0 Å². The highest BCUT2D eigenvalue weighted by molar-refractivity contribution is 6.19. The minimum absolute atomic E-state index is 0.152. The van der Waals surface area contributed by atoms with Crippen LogP contribution in [-0.4, -0.2) is 25.2 Å². The first kappa shape index (κ1) is 15.9. The Balaban J connectivity index is 2.59. The van der Waals surface area contributed by atoms with Crippen molar-refractivity contribution >= 4 is 11.6 Å². The number of benzene rings is 1. The molecule has 0 aliphatic heterocycles. The van der Waals surface area contributed by atoms with Gasteiger partial charge in [-0.1, -0.05) is 11.8 Å². The van der Waals surface area contributed by atoms with Gasteiger partial charge in [0.15, 0.2) is 0 Å². The van der Waals surface area contributed by atoms with Gasteiger partial charge >= 0.3 is 0 Å². The molecule has 0 saturated heterocycles. The van der Waals surface area contributed by atoms with Gasteiger partial charge in [-0.05, 0) is 44.5 Å². The quantitative estimate of drug-likeness (QED) is 0.604. The largest absolute Gasteiger partial charge is 0.493 e. The molecule has 0 aliphatic carbocycles. The Morgan fingerprint density at radius 2 is 2.05 bits per heavy atom. The Kier molecular flexibility index (Phi) is 6.21. The van der Waals surface area contributed by atoms with E-state index in [-0.39, 0.29) is 5.60 Å². The molecule has 0 N–H and O–H groups in total. The van der Waals surface area contributed by atoms with Crippen LogP contribution in [0.15, 0.2) is 18.2 Å². The molecule has 0 fully saturated rings. The SMILES string of the molecule is COC(C)(C)CCOc1ccc(C#CCCl)c(C)c1. The first-order valence-corrected chi connectivity index (χ1v) is 6.85. The van der Waals surface area contributed by atoms with Crippen molar-refractivity contribution in [3.8, 4) is 17.6 Å². The molecule has 1 aromatic rings. The van der Waals surface area contributed by atoms with Crippen LogP contribution in [0.3, 0.4) is 0 Å². The zero-order valence-corrected chi connectivity index (χ0v) is 12.8. The van der Waals surface area contributed by atoms with E-state index in [2.05, 4.69) is 11.8 Å². The molecule has 0 aromatic heterocycles. The summed E-state index contributed by atoms with van der Waals surface area (Å²) in [7, 11) is 1.72. The predicted molar refractivity (Wildman–Crippen MR) is 80.0 cm³/mol. The third-order valence-electron chi connectivity index (χ3n) is 3.01. The average molecular weight is 281 g/mol. The summed E-state index contributed by atoms with van der Waals surface area (Å²) >= 11 is 5.55. The summed E-state index contributed by atoms with van der Waals surface area (Å²) in [5.74, 6) is 7.09. The number of alkyl halides is 1. The Morgan fingerprint density at radius 1 is 1.32 bits per heavy atom. The van der Waals surface area contributed by atoms with Crippen LogP contribution in [0.25, 0.3) is 0 Å². The molecule has 19 heavy (non-hydrogen) atoms. The van der Waals surface area contributed by atoms with E-state index in [1.807, 2.05) is 39.0 Å². The second-order valence-electron chi connectivity index (χ2n) is 4.97. The van der Waals surface area contributed by atoms with E-state index in [4.69, 9.17) is 21.1 Å². The fraction of sp³-hybridized carbons (Fsp3) is 0.500. The number of ether oxygens (including phenoxy) is 2. The molecule has 1 rings (SSSR count).